The van der Waals surface area contributed by atoms with Crippen LogP contribution in [0.2, 0.25) is 0 Å². The lowest BCUT2D eigenvalue weighted by molar-refractivity contribution is 0.0385. The van der Waals surface area contributed by atoms with Gasteiger partial charge in [-0.15, -0.1) is 5.10 Å². The number of hydrogen-bond donors (Lipinski definition) is 0. The van der Waals surface area contributed by atoms with Gasteiger partial charge in [0.25, 0.3) is 0 Å². The standard InChI is InChI=1S/C11H20N4O/c1-3-15-9-10(12-13-15)8-14-6-4-11(16-2)5-7-14/h9,11H,3-8H2,1-2H3. The molecule has 1 aromatic heterocycles. The summed E-state index contributed by atoms with van der Waals surface area (Å²) in [4.78, 5) is 2.42. The van der Waals surface area contributed by atoms with Crippen LogP contribution in [0, 0.1) is 0 Å². The summed E-state index contributed by atoms with van der Waals surface area (Å²) in [5.41, 5.74) is 1.07. The lowest BCUT2D eigenvalue weighted by Gasteiger charge is -2.30. The molecule has 0 bridgehead atoms. The maximum absolute atomic E-state index is 5.35. The average molecular weight is 224 g/mol. The Labute approximate surface area is 96.4 Å². The highest BCUT2D eigenvalue weighted by Gasteiger charge is 2.19. The van der Waals surface area contributed by atoms with Crippen molar-refractivity contribution in [1.29, 1.82) is 0 Å². The van der Waals surface area contributed by atoms with Gasteiger partial charge in [0.2, 0.25) is 0 Å². The highest BCUT2D eigenvalue weighted by Crippen LogP contribution is 2.14. The minimum atomic E-state index is 0.447. The van der Waals surface area contributed by atoms with Crippen molar-refractivity contribution in [1.82, 2.24) is 19.9 Å². The summed E-state index contributed by atoms with van der Waals surface area (Å²) in [5.74, 6) is 0. The van der Waals surface area contributed by atoms with Crippen LogP contribution in [-0.4, -0.2) is 46.2 Å². The third kappa shape index (κ3) is 2.80. The predicted octanol–water partition coefficient (Wildman–Crippen LogP) is 0.909. The summed E-state index contributed by atoms with van der Waals surface area (Å²) in [6.45, 7) is 6.06. The van der Waals surface area contributed by atoms with E-state index < -0.39 is 0 Å². The van der Waals surface area contributed by atoms with Crippen molar-refractivity contribution in [3.63, 3.8) is 0 Å². The molecule has 0 spiro atoms. The zero-order valence-electron chi connectivity index (χ0n) is 10.1. The van der Waals surface area contributed by atoms with E-state index in [1.54, 1.807) is 7.11 Å². The topological polar surface area (TPSA) is 43.2 Å². The van der Waals surface area contributed by atoms with E-state index in [2.05, 4.69) is 22.1 Å². The first-order chi connectivity index (χ1) is 7.81. The Morgan fingerprint density at radius 1 is 1.44 bits per heavy atom. The van der Waals surface area contributed by atoms with Crippen LogP contribution in [0.1, 0.15) is 25.5 Å². The fourth-order valence-corrected chi connectivity index (χ4v) is 2.10. The molecule has 5 heteroatoms. The number of ether oxygens (including phenoxy) is 1. The van der Waals surface area contributed by atoms with Crippen molar-refractivity contribution >= 4 is 0 Å². The molecule has 2 rings (SSSR count). The van der Waals surface area contributed by atoms with E-state index in [1.165, 1.54) is 0 Å². The molecule has 16 heavy (non-hydrogen) atoms. The van der Waals surface area contributed by atoms with Crippen molar-refractivity contribution in [2.75, 3.05) is 20.2 Å². The number of methoxy groups -OCH3 is 1. The van der Waals surface area contributed by atoms with Crippen molar-refractivity contribution in [2.45, 2.75) is 39.0 Å². The molecular formula is C11H20N4O. The second-order valence-electron chi connectivity index (χ2n) is 4.28. The van der Waals surface area contributed by atoms with Crippen LogP contribution >= 0.6 is 0 Å². The SMILES string of the molecule is CCn1cc(CN2CCC(OC)CC2)nn1. The molecule has 1 aliphatic heterocycles. The molecule has 0 aliphatic carbocycles. The lowest BCUT2D eigenvalue weighted by Crippen LogP contribution is -2.36. The Bertz CT molecular complexity index is 318. The van der Waals surface area contributed by atoms with Gasteiger partial charge in [-0.2, -0.15) is 0 Å². The van der Waals surface area contributed by atoms with E-state index in [0.717, 1.165) is 44.7 Å². The molecule has 1 aliphatic rings. The minimum absolute atomic E-state index is 0.447. The largest absolute Gasteiger partial charge is 0.381 e. The molecule has 0 radical (unpaired) electrons. The van der Waals surface area contributed by atoms with Crippen molar-refractivity contribution in [3.8, 4) is 0 Å². The maximum Gasteiger partial charge on any atom is 0.0967 e. The van der Waals surface area contributed by atoms with Gasteiger partial charge in [-0.1, -0.05) is 5.21 Å². The number of aromatic nitrogens is 3. The summed E-state index contributed by atoms with van der Waals surface area (Å²) in [6, 6.07) is 0. The number of rotatable bonds is 4. The smallest absolute Gasteiger partial charge is 0.0967 e. The molecule has 0 atom stereocenters. The van der Waals surface area contributed by atoms with E-state index >= 15 is 0 Å². The summed E-state index contributed by atoms with van der Waals surface area (Å²) in [5, 5.41) is 8.21. The quantitative estimate of drug-likeness (QED) is 0.762. The molecule has 1 fully saturated rings. The Morgan fingerprint density at radius 3 is 2.75 bits per heavy atom. The summed E-state index contributed by atoms with van der Waals surface area (Å²) >= 11 is 0. The molecule has 0 unspecified atom stereocenters. The fraction of sp³-hybridized carbons (Fsp3) is 0.818. The summed E-state index contributed by atoms with van der Waals surface area (Å²) in [6.07, 6.45) is 4.72. The number of likely N-dealkylation sites (tertiary alicyclic amines) is 1. The Balaban J connectivity index is 1.82. The molecule has 1 saturated heterocycles. The zero-order chi connectivity index (χ0) is 11.4. The highest BCUT2D eigenvalue weighted by molar-refractivity contribution is 4.92. The van der Waals surface area contributed by atoms with E-state index in [4.69, 9.17) is 4.74 Å². The Kier molecular flexibility index (Phi) is 3.90. The van der Waals surface area contributed by atoms with Crippen molar-refractivity contribution in [2.24, 2.45) is 0 Å². The van der Waals surface area contributed by atoms with Gasteiger partial charge in [-0.3, -0.25) is 9.58 Å². The molecular weight excluding hydrogens is 204 g/mol. The third-order valence-corrected chi connectivity index (χ3v) is 3.16. The number of aryl methyl sites for hydroxylation is 1. The second kappa shape index (κ2) is 5.41. The lowest BCUT2D eigenvalue weighted by atomic mass is 10.1. The van der Waals surface area contributed by atoms with E-state index in [0.29, 0.717) is 6.10 Å². The first-order valence-electron chi connectivity index (χ1n) is 5.96. The first-order valence-corrected chi connectivity index (χ1v) is 5.96. The van der Waals surface area contributed by atoms with Crippen molar-refractivity contribution < 1.29 is 4.74 Å². The zero-order valence-corrected chi connectivity index (χ0v) is 10.1. The maximum atomic E-state index is 5.35. The normalized spacial score (nSPS) is 19.1. The van der Waals surface area contributed by atoms with E-state index in [-0.39, 0.29) is 0 Å². The van der Waals surface area contributed by atoms with Gasteiger partial charge >= 0.3 is 0 Å². The molecule has 5 nitrogen and oxygen atoms in total. The molecule has 2 heterocycles. The molecule has 0 amide bonds. The van der Waals surface area contributed by atoms with E-state index in [9.17, 15) is 0 Å². The van der Waals surface area contributed by atoms with Crippen LogP contribution in [0.3, 0.4) is 0 Å². The molecule has 0 N–H and O–H groups in total. The molecule has 0 aromatic carbocycles. The van der Waals surface area contributed by atoms with Crippen molar-refractivity contribution in [3.05, 3.63) is 11.9 Å². The Morgan fingerprint density at radius 2 is 2.19 bits per heavy atom. The number of piperidine rings is 1. The predicted molar refractivity (Wildman–Crippen MR) is 61.0 cm³/mol. The van der Waals surface area contributed by atoms with Crippen LogP contribution in [0.5, 0.6) is 0 Å². The van der Waals surface area contributed by atoms with Crippen LogP contribution in [0.25, 0.3) is 0 Å². The van der Waals surface area contributed by atoms with Gasteiger partial charge in [-0.25, -0.2) is 0 Å². The first kappa shape index (κ1) is 11.5. The average Bonchev–Trinajstić information content (AvgIpc) is 2.78. The van der Waals surface area contributed by atoms with Gasteiger partial charge in [0.15, 0.2) is 0 Å². The highest BCUT2D eigenvalue weighted by atomic mass is 16.5. The monoisotopic (exact) mass is 224 g/mol. The van der Waals surface area contributed by atoms with Crippen LogP contribution in [-0.2, 0) is 17.8 Å². The van der Waals surface area contributed by atoms with Crippen LogP contribution < -0.4 is 0 Å². The van der Waals surface area contributed by atoms with Crippen LogP contribution in [0.4, 0.5) is 0 Å². The summed E-state index contributed by atoms with van der Waals surface area (Å²) in [7, 11) is 1.80. The van der Waals surface area contributed by atoms with Gasteiger partial charge in [-0.05, 0) is 19.8 Å². The van der Waals surface area contributed by atoms with E-state index in [1.807, 2.05) is 10.9 Å². The number of nitrogens with zero attached hydrogens (tertiary/aromatic N) is 4. The number of hydrogen-bond acceptors (Lipinski definition) is 4. The summed E-state index contributed by atoms with van der Waals surface area (Å²) < 4.78 is 7.22. The minimum Gasteiger partial charge on any atom is -0.381 e. The fourth-order valence-electron chi connectivity index (χ4n) is 2.10. The van der Waals surface area contributed by atoms with Gasteiger partial charge in [0.1, 0.15) is 0 Å². The second-order valence-corrected chi connectivity index (χ2v) is 4.28. The van der Waals surface area contributed by atoms with Gasteiger partial charge in [0, 0.05) is 39.5 Å². The molecule has 90 valence electrons. The molecule has 0 saturated carbocycles. The van der Waals surface area contributed by atoms with Crippen LogP contribution in [0.15, 0.2) is 6.20 Å². The van der Waals surface area contributed by atoms with Gasteiger partial charge < -0.3 is 4.74 Å². The third-order valence-electron chi connectivity index (χ3n) is 3.16. The van der Waals surface area contributed by atoms with Gasteiger partial charge in [0.05, 0.1) is 11.8 Å². The Hall–Kier alpha value is -0.940. The molecule has 1 aromatic rings.